The Kier molecular flexibility index (Phi) is 7.55. The Balaban J connectivity index is 1.70. The third kappa shape index (κ3) is 5.40. The maximum absolute atomic E-state index is 6.21. The van der Waals surface area contributed by atoms with Crippen LogP contribution in [0.5, 0.6) is 0 Å². The van der Waals surface area contributed by atoms with Gasteiger partial charge in [-0.15, -0.1) is 0 Å². The van der Waals surface area contributed by atoms with E-state index in [1.165, 1.54) is 19.3 Å². The number of anilines is 2. The lowest BCUT2D eigenvalue weighted by molar-refractivity contribution is 0.670. The van der Waals surface area contributed by atoms with Gasteiger partial charge >= 0.3 is 0 Å². The first-order chi connectivity index (χ1) is 17.6. The molecule has 0 saturated carbocycles. The number of unbranched alkanes of at least 4 members (excludes halogenated alkanes) is 3. The van der Waals surface area contributed by atoms with Gasteiger partial charge in [-0.3, -0.25) is 4.99 Å². The second kappa shape index (κ2) is 11.2. The summed E-state index contributed by atoms with van der Waals surface area (Å²) in [6, 6.07) is 28.0. The van der Waals surface area contributed by atoms with Crippen molar-refractivity contribution in [3.8, 4) is 17.1 Å². The largest absolute Gasteiger partial charge is 0.354 e. The first kappa shape index (κ1) is 24.4. The second-order valence-corrected chi connectivity index (χ2v) is 9.72. The normalized spacial score (nSPS) is 11.9. The van der Waals surface area contributed by atoms with E-state index in [9.17, 15) is 0 Å². The monoisotopic (exact) mass is 514 g/mol. The fourth-order valence-corrected chi connectivity index (χ4v) is 4.62. The van der Waals surface area contributed by atoms with Gasteiger partial charge in [-0.25, -0.2) is 4.98 Å². The van der Waals surface area contributed by atoms with Crippen LogP contribution in [0.2, 0.25) is 10.0 Å². The third-order valence-corrected chi connectivity index (χ3v) is 6.70. The molecule has 1 aliphatic heterocycles. The fourth-order valence-electron chi connectivity index (χ4n) is 4.37. The number of fused-ring (bicyclic) bond motifs is 2. The van der Waals surface area contributed by atoms with Gasteiger partial charge in [-0.05, 0) is 79.2 Å². The number of nitrogens with zero attached hydrogens (tertiary/aromatic N) is 3. The topological polar surface area (TPSA) is 42.2 Å². The van der Waals surface area contributed by atoms with Crippen molar-refractivity contribution in [2.75, 3.05) is 11.9 Å². The predicted octanol–water partition coefficient (Wildman–Crippen LogP) is 8.66. The van der Waals surface area contributed by atoms with Gasteiger partial charge in [-0.1, -0.05) is 61.5 Å². The van der Waals surface area contributed by atoms with Gasteiger partial charge in [0.05, 0.1) is 33.5 Å². The molecule has 5 rings (SSSR count). The number of halogens is 2. The highest BCUT2D eigenvalue weighted by molar-refractivity contribution is 6.30. The van der Waals surface area contributed by atoms with Gasteiger partial charge < -0.3 is 9.88 Å². The van der Waals surface area contributed by atoms with Crippen LogP contribution < -0.4 is 10.7 Å². The molecule has 0 radical (unpaired) electrons. The summed E-state index contributed by atoms with van der Waals surface area (Å²) in [5.41, 5.74) is 6.71. The Morgan fingerprint density at radius 1 is 0.833 bits per heavy atom. The molecule has 0 spiro atoms. The second-order valence-electron chi connectivity index (χ2n) is 8.84. The zero-order valence-electron chi connectivity index (χ0n) is 20.2. The van der Waals surface area contributed by atoms with Gasteiger partial charge in [0, 0.05) is 28.0 Å². The maximum atomic E-state index is 6.21. The standard InChI is InChI=1S/C30H28Cl2N4/c1-2-3-4-7-18-33-26-20-30-28(19-27(26)34-23-14-10-21(31)11-15-23)35-25-8-5-6-9-29(25)36(30)24-16-12-22(32)13-17-24/h5-6,8-17,19-20,34H,2-4,7,18H2,1H3. The average Bonchev–Trinajstić information content (AvgIpc) is 2.89. The van der Waals surface area contributed by atoms with Crippen molar-refractivity contribution >= 4 is 45.6 Å². The number of hydrogen-bond donors (Lipinski definition) is 1. The number of aromatic nitrogens is 2. The van der Waals surface area contributed by atoms with Crippen LogP contribution in [0.25, 0.3) is 28.1 Å². The quantitative estimate of drug-likeness (QED) is 0.166. The minimum Gasteiger partial charge on any atom is -0.354 e. The zero-order chi connectivity index (χ0) is 24.9. The number of para-hydroxylation sites is 2. The molecule has 2 aliphatic rings. The summed E-state index contributed by atoms with van der Waals surface area (Å²) in [6.45, 7) is 3.00. The van der Waals surface area contributed by atoms with Crippen molar-refractivity contribution < 1.29 is 0 Å². The van der Waals surface area contributed by atoms with Crippen LogP contribution in [-0.2, 0) is 0 Å². The summed E-state index contributed by atoms with van der Waals surface area (Å²) in [7, 11) is 0. The summed E-state index contributed by atoms with van der Waals surface area (Å²) in [5.74, 6) is 0. The van der Waals surface area contributed by atoms with Crippen molar-refractivity contribution in [1.29, 1.82) is 0 Å². The molecule has 0 bridgehead atoms. The molecule has 36 heavy (non-hydrogen) atoms. The number of nitrogens with one attached hydrogen (secondary N) is 1. The van der Waals surface area contributed by atoms with Crippen LogP contribution in [-0.4, -0.2) is 16.1 Å². The van der Waals surface area contributed by atoms with E-state index < -0.39 is 0 Å². The van der Waals surface area contributed by atoms with Crippen LogP contribution >= 0.6 is 23.2 Å². The molecule has 1 aliphatic carbocycles. The molecule has 1 heterocycles. The third-order valence-electron chi connectivity index (χ3n) is 6.20. The van der Waals surface area contributed by atoms with E-state index in [1.54, 1.807) is 0 Å². The summed E-state index contributed by atoms with van der Waals surface area (Å²) >= 11 is 12.3. The van der Waals surface area contributed by atoms with Crippen LogP contribution in [0.15, 0.2) is 89.9 Å². The Hall–Kier alpha value is -3.34. The predicted molar refractivity (Wildman–Crippen MR) is 152 cm³/mol. The Bertz CT molecular complexity index is 1510. The van der Waals surface area contributed by atoms with Gasteiger partial charge in [0.15, 0.2) is 0 Å². The molecule has 3 aromatic carbocycles. The molecule has 0 unspecified atom stereocenters. The lowest BCUT2D eigenvalue weighted by atomic mass is 10.1. The first-order valence-corrected chi connectivity index (χ1v) is 13.1. The Morgan fingerprint density at radius 2 is 1.56 bits per heavy atom. The van der Waals surface area contributed by atoms with Crippen molar-refractivity contribution in [3.63, 3.8) is 0 Å². The molecule has 4 nitrogen and oxygen atoms in total. The van der Waals surface area contributed by atoms with Crippen molar-refractivity contribution in [3.05, 3.63) is 100 Å². The molecule has 1 N–H and O–H groups in total. The van der Waals surface area contributed by atoms with Crippen LogP contribution in [0, 0.1) is 0 Å². The average molecular weight is 515 g/mol. The van der Waals surface area contributed by atoms with E-state index in [1.807, 2.05) is 66.7 Å². The molecular weight excluding hydrogens is 487 g/mol. The maximum Gasteiger partial charge on any atom is 0.0900 e. The van der Waals surface area contributed by atoms with E-state index in [0.717, 1.165) is 57.8 Å². The SMILES string of the molecule is CCCCCCN=c1cc2n(-c3ccc(Cl)cc3)c3ccccc3nc-2cc1Nc1ccc(Cl)cc1. The lowest BCUT2D eigenvalue weighted by Gasteiger charge is -2.20. The van der Waals surface area contributed by atoms with Crippen LogP contribution in [0.3, 0.4) is 0 Å². The summed E-state index contributed by atoms with van der Waals surface area (Å²) in [6.07, 6.45) is 4.69. The van der Waals surface area contributed by atoms with E-state index in [0.29, 0.717) is 10.0 Å². The summed E-state index contributed by atoms with van der Waals surface area (Å²) < 4.78 is 2.23. The highest BCUT2D eigenvalue weighted by Crippen LogP contribution is 2.31. The summed E-state index contributed by atoms with van der Waals surface area (Å²) in [5, 5.41) is 5.86. The van der Waals surface area contributed by atoms with Crippen LogP contribution in [0.1, 0.15) is 32.6 Å². The van der Waals surface area contributed by atoms with Gasteiger partial charge in [0.25, 0.3) is 0 Å². The smallest absolute Gasteiger partial charge is 0.0900 e. The first-order valence-electron chi connectivity index (χ1n) is 12.4. The highest BCUT2D eigenvalue weighted by atomic mass is 35.5. The molecule has 0 saturated heterocycles. The van der Waals surface area contributed by atoms with Crippen molar-refractivity contribution in [2.24, 2.45) is 4.99 Å². The summed E-state index contributed by atoms with van der Waals surface area (Å²) in [4.78, 5) is 10.0. The Labute approximate surface area is 221 Å². The van der Waals surface area contributed by atoms with Gasteiger partial charge in [-0.2, -0.15) is 0 Å². The van der Waals surface area contributed by atoms with Crippen molar-refractivity contribution in [2.45, 2.75) is 32.6 Å². The van der Waals surface area contributed by atoms with E-state index >= 15 is 0 Å². The van der Waals surface area contributed by atoms with Crippen molar-refractivity contribution in [1.82, 2.24) is 9.55 Å². The number of hydrogen-bond acceptors (Lipinski definition) is 3. The molecule has 0 atom stereocenters. The highest BCUT2D eigenvalue weighted by Gasteiger charge is 2.16. The van der Waals surface area contributed by atoms with E-state index in [-0.39, 0.29) is 0 Å². The van der Waals surface area contributed by atoms with Crippen LogP contribution in [0.4, 0.5) is 11.4 Å². The van der Waals surface area contributed by atoms with Gasteiger partial charge in [0.2, 0.25) is 0 Å². The molecule has 0 aromatic heterocycles. The number of benzene rings is 4. The fraction of sp³-hybridized carbons (Fsp3) is 0.200. The molecular formula is C30H28Cl2N4. The minimum absolute atomic E-state index is 0.706. The molecule has 0 amide bonds. The molecule has 6 heteroatoms. The van der Waals surface area contributed by atoms with E-state index in [2.05, 4.69) is 35.0 Å². The molecule has 182 valence electrons. The lowest BCUT2D eigenvalue weighted by Crippen LogP contribution is -2.15. The minimum atomic E-state index is 0.706. The molecule has 0 fully saturated rings. The molecule has 3 aromatic rings. The number of rotatable bonds is 8. The van der Waals surface area contributed by atoms with E-state index in [4.69, 9.17) is 33.2 Å². The Morgan fingerprint density at radius 3 is 2.31 bits per heavy atom. The van der Waals surface area contributed by atoms with Gasteiger partial charge in [0.1, 0.15) is 0 Å². The zero-order valence-corrected chi connectivity index (χ0v) is 21.7.